The monoisotopic (exact) mass is 777 g/mol. The summed E-state index contributed by atoms with van der Waals surface area (Å²) < 4.78 is 0. The molecule has 0 aliphatic rings. The van der Waals surface area contributed by atoms with Crippen LogP contribution in [-0.4, -0.2) is 85.7 Å². The summed E-state index contributed by atoms with van der Waals surface area (Å²) in [6, 6.07) is 18.8. The van der Waals surface area contributed by atoms with Gasteiger partial charge in [-0.3, -0.25) is 29.4 Å². The van der Waals surface area contributed by atoms with Gasteiger partial charge in [0.15, 0.2) is 0 Å². The number of primary amides is 1. The van der Waals surface area contributed by atoms with E-state index in [1.54, 1.807) is 73.1 Å². The topological polar surface area (TPSA) is 262 Å². The van der Waals surface area contributed by atoms with E-state index in [-0.39, 0.29) is 25.8 Å². The van der Waals surface area contributed by atoms with Gasteiger partial charge in [0.05, 0.1) is 18.9 Å². The van der Waals surface area contributed by atoms with Crippen LogP contribution >= 0.6 is 0 Å². The van der Waals surface area contributed by atoms with Crippen LogP contribution < -0.4 is 38.2 Å². The van der Waals surface area contributed by atoms with Crippen LogP contribution in [0, 0.1) is 0 Å². The summed E-state index contributed by atoms with van der Waals surface area (Å²) >= 11 is 0. The summed E-state index contributed by atoms with van der Waals surface area (Å²) in [5, 5.41) is 12.4. The maximum atomic E-state index is 13.9. The SMILES string of the molecule is C[C@H](NC(=O)[C@H](Cc1ccccc1)NC(=O)N(Cc1ccccc1)NC(=O)[C@H](C)NC(=O)[C@H](Cc1c[nH]c2ccccc12)NC(=O)[C@@H](N)Cc1cnc[nH]1)C(N)=O. The number of para-hydroxylation sites is 1. The molecule has 0 saturated heterocycles. The van der Waals surface area contributed by atoms with Crippen LogP contribution in [0.15, 0.2) is 104 Å². The summed E-state index contributed by atoms with van der Waals surface area (Å²) in [6.07, 6.45) is 5.03. The zero-order valence-electron chi connectivity index (χ0n) is 31.5. The molecule has 57 heavy (non-hydrogen) atoms. The number of hydrogen-bond donors (Lipinski definition) is 9. The molecular weight excluding hydrogens is 731 g/mol. The third-order valence-corrected chi connectivity index (χ3v) is 9.17. The standard InChI is InChI=1S/C40H47N11O6/c1-24(35(42)52)46-38(55)33(17-26-11-5-3-6-12-26)49-40(57)51(22-27-13-7-4-8-14-27)50-36(53)25(2)47-39(56)34(18-28-20-44-32-16-10-9-15-30(28)32)48-37(54)31(41)19-29-21-43-23-45-29/h3-16,20-21,23-25,31,33-34,44H,17-19,22,41H2,1-2H3,(H2,42,52)(H,43,45)(H,46,55)(H,47,56)(H,48,54)(H,49,57)(H,50,53)/t24-,25-,31-,33-,34-/m0/s1. The van der Waals surface area contributed by atoms with Crippen molar-refractivity contribution in [1.82, 2.24) is 46.7 Å². The zero-order valence-corrected chi connectivity index (χ0v) is 31.5. The molecule has 298 valence electrons. The lowest BCUT2D eigenvalue weighted by Gasteiger charge is -2.29. The van der Waals surface area contributed by atoms with Gasteiger partial charge >= 0.3 is 6.03 Å². The minimum Gasteiger partial charge on any atom is -0.368 e. The fourth-order valence-electron chi connectivity index (χ4n) is 5.94. The first-order valence-corrected chi connectivity index (χ1v) is 18.3. The Hall–Kier alpha value is -7.01. The molecule has 3 aromatic carbocycles. The second kappa shape index (κ2) is 19.5. The van der Waals surface area contributed by atoms with Crippen molar-refractivity contribution in [2.24, 2.45) is 11.5 Å². The minimum atomic E-state index is -1.22. The molecule has 0 fully saturated rings. The number of rotatable bonds is 17. The van der Waals surface area contributed by atoms with Gasteiger partial charge in [0.1, 0.15) is 24.2 Å². The molecule has 5 atom stereocenters. The lowest BCUT2D eigenvalue weighted by molar-refractivity contribution is -0.133. The van der Waals surface area contributed by atoms with Crippen molar-refractivity contribution < 1.29 is 28.8 Å². The van der Waals surface area contributed by atoms with E-state index >= 15 is 0 Å². The number of carbonyl (C=O) groups is 6. The van der Waals surface area contributed by atoms with Gasteiger partial charge in [0.25, 0.3) is 5.91 Å². The molecule has 0 unspecified atom stereocenters. The molecule has 17 heteroatoms. The van der Waals surface area contributed by atoms with E-state index < -0.39 is 65.8 Å². The molecule has 0 bridgehead atoms. The number of fused-ring (bicyclic) bond motifs is 1. The minimum absolute atomic E-state index is 0.0541. The van der Waals surface area contributed by atoms with Crippen molar-refractivity contribution in [2.75, 3.05) is 0 Å². The van der Waals surface area contributed by atoms with Gasteiger partial charge in [-0.05, 0) is 36.6 Å². The predicted molar refractivity (Wildman–Crippen MR) is 211 cm³/mol. The number of carbonyl (C=O) groups excluding carboxylic acids is 6. The molecule has 5 aromatic rings. The van der Waals surface area contributed by atoms with Crippen molar-refractivity contribution in [3.05, 3.63) is 126 Å². The Labute approximate surface area is 328 Å². The molecule has 0 saturated carbocycles. The Morgan fingerprint density at radius 3 is 1.95 bits per heavy atom. The largest absolute Gasteiger partial charge is 0.368 e. The number of nitrogens with zero attached hydrogens (tertiary/aromatic N) is 2. The number of H-pyrrole nitrogens is 2. The maximum absolute atomic E-state index is 13.9. The first-order chi connectivity index (χ1) is 27.4. The molecule has 2 aromatic heterocycles. The third kappa shape index (κ3) is 11.7. The molecule has 0 aliphatic carbocycles. The molecule has 5 rings (SSSR count). The Morgan fingerprint density at radius 2 is 1.30 bits per heavy atom. The lowest BCUT2D eigenvalue weighted by atomic mass is 10.0. The molecule has 0 aliphatic heterocycles. The highest BCUT2D eigenvalue weighted by Gasteiger charge is 2.31. The summed E-state index contributed by atoms with van der Waals surface area (Å²) in [4.78, 5) is 89.9. The molecular formula is C40H47N11O6. The molecule has 0 radical (unpaired) electrons. The number of hydrazine groups is 1. The summed E-state index contributed by atoms with van der Waals surface area (Å²) in [5.74, 6) is -3.46. The summed E-state index contributed by atoms with van der Waals surface area (Å²) in [7, 11) is 0. The van der Waals surface area contributed by atoms with Gasteiger partial charge in [-0.1, -0.05) is 78.9 Å². The summed E-state index contributed by atoms with van der Waals surface area (Å²) in [5.41, 5.74) is 17.7. The Morgan fingerprint density at radius 1 is 0.684 bits per heavy atom. The van der Waals surface area contributed by atoms with Crippen LogP contribution in [0.2, 0.25) is 0 Å². The number of nitrogens with two attached hydrogens (primary N) is 2. The fraction of sp³-hybridized carbons (Fsp3) is 0.275. The van der Waals surface area contributed by atoms with Crippen LogP contribution in [0.3, 0.4) is 0 Å². The highest BCUT2D eigenvalue weighted by Crippen LogP contribution is 2.19. The second-order valence-corrected chi connectivity index (χ2v) is 13.6. The van der Waals surface area contributed by atoms with Crippen LogP contribution in [0.4, 0.5) is 4.79 Å². The number of amides is 7. The molecule has 0 spiro atoms. The van der Waals surface area contributed by atoms with E-state index in [1.165, 1.54) is 20.2 Å². The Kier molecular flexibility index (Phi) is 14.1. The molecule has 2 heterocycles. The number of imidazole rings is 1. The Balaban J connectivity index is 1.32. The van der Waals surface area contributed by atoms with Crippen LogP contribution in [-0.2, 0) is 49.8 Å². The van der Waals surface area contributed by atoms with E-state index in [0.29, 0.717) is 11.3 Å². The third-order valence-electron chi connectivity index (χ3n) is 9.17. The fourth-order valence-corrected chi connectivity index (χ4v) is 5.94. The van der Waals surface area contributed by atoms with Crippen LogP contribution in [0.25, 0.3) is 10.9 Å². The van der Waals surface area contributed by atoms with E-state index in [0.717, 1.165) is 27.0 Å². The molecule has 7 amide bonds. The average molecular weight is 778 g/mol. The second-order valence-electron chi connectivity index (χ2n) is 13.6. The van der Waals surface area contributed by atoms with Gasteiger partial charge in [-0.25, -0.2) is 14.8 Å². The van der Waals surface area contributed by atoms with Crippen molar-refractivity contribution in [1.29, 1.82) is 0 Å². The molecule has 11 N–H and O–H groups in total. The number of aromatic nitrogens is 3. The van der Waals surface area contributed by atoms with Crippen molar-refractivity contribution in [3.63, 3.8) is 0 Å². The maximum Gasteiger partial charge on any atom is 0.337 e. The van der Waals surface area contributed by atoms with Crippen LogP contribution in [0.1, 0.15) is 36.2 Å². The van der Waals surface area contributed by atoms with E-state index in [1.807, 2.05) is 24.3 Å². The van der Waals surface area contributed by atoms with Gasteiger partial charge < -0.3 is 42.7 Å². The summed E-state index contributed by atoms with van der Waals surface area (Å²) in [6.45, 7) is 2.73. The van der Waals surface area contributed by atoms with E-state index in [2.05, 4.69) is 41.6 Å². The van der Waals surface area contributed by atoms with Crippen molar-refractivity contribution in [3.8, 4) is 0 Å². The van der Waals surface area contributed by atoms with Crippen molar-refractivity contribution >= 4 is 46.5 Å². The van der Waals surface area contributed by atoms with Crippen molar-refractivity contribution in [2.45, 2.75) is 69.9 Å². The Bertz CT molecular complexity index is 2140. The van der Waals surface area contributed by atoms with Gasteiger partial charge in [0, 0.05) is 48.3 Å². The molecule has 17 nitrogen and oxygen atoms in total. The number of hydrogen-bond acceptors (Lipinski definition) is 8. The normalized spacial score (nSPS) is 13.6. The lowest BCUT2D eigenvalue weighted by Crippen LogP contribution is -2.60. The number of benzene rings is 3. The highest BCUT2D eigenvalue weighted by atomic mass is 16.2. The smallest absolute Gasteiger partial charge is 0.337 e. The number of aromatic amines is 2. The number of urea groups is 1. The average Bonchev–Trinajstić information content (AvgIpc) is 3.87. The highest BCUT2D eigenvalue weighted by molar-refractivity contribution is 5.95. The predicted octanol–water partition coefficient (Wildman–Crippen LogP) is 0.837. The van der Waals surface area contributed by atoms with E-state index in [4.69, 9.17) is 11.5 Å². The van der Waals surface area contributed by atoms with Gasteiger partial charge in [-0.15, -0.1) is 0 Å². The van der Waals surface area contributed by atoms with Gasteiger partial charge in [0.2, 0.25) is 23.6 Å². The van der Waals surface area contributed by atoms with Crippen LogP contribution in [0.5, 0.6) is 0 Å². The quantitative estimate of drug-likeness (QED) is 0.0610. The first kappa shape index (κ1) is 41.2. The zero-order chi connectivity index (χ0) is 40.9. The first-order valence-electron chi connectivity index (χ1n) is 18.3. The van der Waals surface area contributed by atoms with E-state index in [9.17, 15) is 28.8 Å². The van der Waals surface area contributed by atoms with Gasteiger partial charge in [-0.2, -0.15) is 0 Å². The number of nitrogens with one attached hydrogen (secondary N) is 7.